The van der Waals surface area contributed by atoms with Crippen molar-refractivity contribution in [2.45, 2.75) is 23.9 Å². The van der Waals surface area contributed by atoms with E-state index in [1.54, 1.807) is 0 Å². The van der Waals surface area contributed by atoms with Crippen molar-refractivity contribution >= 4 is 23.6 Å². The number of rotatable bonds is 3. The number of amides is 1. The second-order valence-electron chi connectivity index (χ2n) is 4.58. The number of aliphatic carboxylic acids is 1. The molecule has 1 heterocycles. The minimum atomic E-state index is -4.48. The number of carbonyl (C=O) groups is 2. The zero-order chi connectivity index (χ0) is 15.6. The Morgan fingerprint density at radius 3 is 2.62 bits per heavy atom. The molecule has 0 aliphatic carbocycles. The Labute approximate surface area is 122 Å². The van der Waals surface area contributed by atoms with Gasteiger partial charge in [-0.1, -0.05) is 18.2 Å². The summed E-state index contributed by atoms with van der Waals surface area (Å²) in [7, 11) is 0. The highest BCUT2D eigenvalue weighted by molar-refractivity contribution is 8.00. The third-order valence-electron chi connectivity index (χ3n) is 3.10. The Kier molecular flexibility index (Phi) is 4.46. The second kappa shape index (κ2) is 5.97. The van der Waals surface area contributed by atoms with Gasteiger partial charge in [0.15, 0.2) is 0 Å². The predicted octanol–water partition coefficient (Wildman–Crippen LogP) is 1.93. The number of alkyl halides is 3. The van der Waals surface area contributed by atoms with Gasteiger partial charge < -0.3 is 10.4 Å². The minimum absolute atomic E-state index is 0.0337. The molecule has 8 heteroatoms. The molecule has 2 rings (SSSR count). The van der Waals surface area contributed by atoms with Crippen LogP contribution in [0.3, 0.4) is 0 Å². The molecule has 0 spiro atoms. The van der Waals surface area contributed by atoms with Crippen molar-refractivity contribution in [3.8, 4) is 0 Å². The van der Waals surface area contributed by atoms with Crippen LogP contribution in [0.2, 0.25) is 0 Å². The molecule has 0 bridgehead atoms. The maximum absolute atomic E-state index is 12.9. The average Bonchev–Trinajstić information content (AvgIpc) is 2.40. The largest absolute Gasteiger partial charge is 0.480 e. The normalized spacial score (nSPS) is 22.7. The molecule has 1 saturated heterocycles. The molecule has 0 radical (unpaired) electrons. The van der Waals surface area contributed by atoms with Crippen molar-refractivity contribution < 1.29 is 27.9 Å². The van der Waals surface area contributed by atoms with Crippen molar-refractivity contribution in [2.24, 2.45) is 0 Å². The van der Waals surface area contributed by atoms with E-state index in [4.69, 9.17) is 5.11 Å². The summed E-state index contributed by atoms with van der Waals surface area (Å²) in [4.78, 5) is 22.6. The summed E-state index contributed by atoms with van der Waals surface area (Å²) in [6, 6.07) is 4.09. The van der Waals surface area contributed by atoms with Crippen molar-refractivity contribution in [3.05, 3.63) is 35.4 Å². The first-order chi connectivity index (χ1) is 9.79. The maximum atomic E-state index is 12.9. The fraction of sp³-hybridized carbons (Fsp3) is 0.385. The molecule has 1 fully saturated rings. The molecule has 1 amide bonds. The van der Waals surface area contributed by atoms with Crippen LogP contribution in [0.1, 0.15) is 11.1 Å². The van der Waals surface area contributed by atoms with Gasteiger partial charge in [0.1, 0.15) is 6.04 Å². The first-order valence-electron chi connectivity index (χ1n) is 6.09. The number of halogens is 3. The fourth-order valence-electron chi connectivity index (χ4n) is 2.05. The van der Waals surface area contributed by atoms with Gasteiger partial charge in [-0.15, -0.1) is 11.8 Å². The van der Waals surface area contributed by atoms with E-state index in [-0.39, 0.29) is 17.7 Å². The van der Waals surface area contributed by atoms with Gasteiger partial charge in [0.05, 0.1) is 10.8 Å². The van der Waals surface area contributed by atoms with E-state index in [0.29, 0.717) is 0 Å². The molecule has 21 heavy (non-hydrogen) atoms. The van der Waals surface area contributed by atoms with E-state index >= 15 is 0 Å². The summed E-state index contributed by atoms with van der Waals surface area (Å²) >= 11 is 1.06. The summed E-state index contributed by atoms with van der Waals surface area (Å²) in [5.74, 6) is -1.56. The molecule has 1 aromatic rings. The summed E-state index contributed by atoms with van der Waals surface area (Å²) in [5.41, 5.74) is -0.731. The smallest absolute Gasteiger partial charge is 0.416 e. The lowest BCUT2D eigenvalue weighted by molar-refractivity contribution is -0.141. The fourth-order valence-corrected chi connectivity index (χ4v) is 3.22. The number of hydrogen-bond donors (Lipinski definition) is 2. The van der Waals surface area contributed by atoms with Crippen LogP contribution in [0, 0.1) is 0 Å². The van der Waals surface area contributed by atoms with Gasteiger partial charge in [0, 0.05) is 5.75 Å². The molecule has 1 aliphatic rings. The van der Waals surface area contributed by atoms with Gasteiger partial charge in [-0.25, -0.2) is 4.79 Å². The number of nitrogens with one attached hydrogen (secondary N) is 1. The number of thioether (sulfide) groups is 1. The zero-order valence-corrected chi connectivity index (χ0v) is 11.5. The highest BCUT2D eigenvalue weighted by Gasteiger charge is 2.36. The van der Waals surface area contributed by atoms with Crippen LogP contribution in [0.25, 0.3) is 0 Å². The number of hydrogen-bond acceptors (Lipinski definition) is 3. The van der Waals surface area contributed by atoms with Gasteiger partial charge in [-0.3, -0.25) is 4.79 Å². The van der Waals surface area contributed by atoms with Crippen LogP contribution in [-0.2, 0) is 22.2 Å². The summed E-state index contributed by atoms with van der Waals surface area (Å²) in [5, 5.41) is 10.4. The molecule has 2 atom stereocenters. The summed E-state index contributed by atoms with van der Waals surface area (Å²) in [6.45, 7) is 0. The molecule has 114 valence electrons. The Hall–Kier alpha value is -1.70. The van der Waals surface area contributed by atoms with Gasteiger partial charge in [-0.05, 0) is 18.1 Å². The predicted molar refractivity (Wildman–Crippen MR) is 71.0 cm³/mol. The van der Waals surface area contributed by atoms with Gasteiger partial charge in [0.2, 0.25) is 5.91 Å². The van der Waals surface area contributed by atoms with Crippen LogP contribution in [0.15, 0.2) is 24.3 Å². The van der Waals surface area contributed by atoms with E-state index < -0.39 is 34.9 Å². The number of carbonyl (C=O) groups excluding carboxylic acids is 1. The number of benzene rings is 1. The highest BCUT2D eigenvalue weighted by Crippen LogP contribution is 2.33. The maximum Gasteiger partial charge on any atom is 0.416 e. The first kappa shape index (κ1) is 15.7. The zero-order valence-electron chi connectivity index (χ0n) is 10.7. The van der Waals surface area contributed by atoms with Gasteiger partial charge in [0.25, 0.3) is 0 Å². The Morgan fingerprint density at radius 1 is 1.38 bits per heavy atom. The lowest BCUT2D eigenvalue weighted by Gasteiger charge is -2.27. The SMILES string of the molecule is O=C(O)[C@H]1CS[C@H](Cc2ccccc2C(F)(F)F)C(=O)N1. The number of carboxylic acids is 1. The van der Waals surface area contributed by atoms with Crippen molar-refractivity contribution in [1.82, 2.24) is 5.32 Å². The lowest BCUT2D eigenvalue weighted by atomic mass is 10.0. The summed E-state index contributed by atoms with van der Waals surface area (Å²) < 4.78 is 38.6. The van der Waals surface area contributed by atoms with Crippen LogP contribution in [0.5, 0.6) is 0 Å². The third-order valence-corrected chi connectivity index (χ3v) is 4.41. The molecular weight excluding hydrogens is 307 g/mol. The molecule has 0 aromatic heterocycles. The van der Waals surface area contributed by atoms with Crippen LogP contribution >= 0.6 is 11.8 Å². The van der Waals surface area contributed by atoms with E-state index in [0.717, 1.165) is 17.8 Å². The van der Waals surface area contributed by atoms with Crippen LogP contribution in [0.4, 0.5) is 13.2 Å². The Morgan fingerprint density at radius 2 is 2.05 bits per heavy atom. The quantitative estimate of drug-likeness (QED) is 0.893. The van der Waals surface area contributed by atoms with E-state index in [2.05, 4.69) is 5.32 Å². The number of carboxylic acid groups (broad SMARTS) is 1. The van der Waals surface area contributed by atoms with Crippen LogP contribution < -0.4 is 5.32 Å². The summed E-state index contributed by atoms with van der Waals surface area (Å²) in [6.07, 6.45) is -4.56. The standard InChI is InChI=1S/C13H12F3NO3S/c14-13(15,16)8-4-2-1-3-7(8)5-10-11(18)17-9(6-21-10)12(19)20/h1-4,9-10H,5-6H2,(H,17,18)(H,19,20)/t9-,10-/m1/s1. The lowest BCUT2D eigenvalue weighted by Crippen LogP contribution is -2.51. The van der Waals surface area contributed by atoms with Crippen molar-refractivity contribution in [2.75, 3.05) is 5.75 Å². The third kappa shape index (κ3) is 3.69. The molecule has 0 unspecified atom stereocenters. The topological polar surface area (TPSA) is 66.4 Å². The van der Waals surface area contributed by atoms with Gasteiger partial charge in [-0.2, -0.15) is 13.2 Å². The first-order valence-corrected chi connectivity index (χ1v) is 7.14. The monoisotopic (exact) mass is 319 g/mol. The molecule has 2 N–H and O–H groups in total. The molecular formula is C13H12F3NO3S. The van der Waals surface area contributed by atoms with E-state index in [1.165, 1.54) is 18.2 Å². The second-order valence-corrected chi connectivity index (χ2v) is 5.82. The molecule has 0 saturated carbocycles. The minimum Gasteiger partial charge on any atom is -0.480 e. The van der Waals surface area contributed by atoms with Crippen molar-refractivity contribution in [3.63, 3.8) is 0 Å². The molecule has 1 aromatic carbocycles. The van der Waals surface area contributed by atoms with Crippen LogP contribution in [-0.4, -0.2) is 34.0 Å². The van der Waals surface area contributed by atoms with E-state index in [9.17, 15) is 22.8 Å². The highest BCUT2D eigenvalue weighted by atomic mass is 32.2. The Bertz CT molecular complexity index is 562. The van der Waals surface area contributed by atoms with Gasteiger partial charge >= 0.3 is 12.1 Å². The van der Waals surface area contributed by atoms with E-state index in [1.807, 2.05) is 0 Å². The Balaban J connectivity index is 2.13. The molecule has 4 nitrogen and oxygen atoms in total. The average molecular weight is 319 g/mol. The molecule has 1 aliphatic heterocycles. The van der Waals surface area contributed by atoms with Crippen molar-refractivity contribution in [1.29, 1.82) is 0 Å².